The fourth-order valence-corrected chi connectivity index (χ4v) is 1.37. The van der Waals surface area contributed by atoms with Crippen LogP contribution in [0.2, 0.25) is 0 Å². The van der Waals surface area contributed by atoms with E-state index in [-0.39, 0.29) is 30.2 Å². The van der Waals surface area contributed by atoms with Crippen molar-refractivity contribution < 1.29 is 19.4 Å². The third-order valence-corrected chi connectivity index (χ3v) is 2.39. The average molecular weight is 248 g/mol. The van der Waals surface area contributed by atoms with E-state index in [0.717, 1.165) is 5.56 Å². The predicted molar refractivity (Wildman–Crippen MR) is 68.6 cm³/mol. The summed E-state index contributed by atoms with van der Waals surface area (Å²) in [5.41, 5.74) is 0.751. The largest absolute Gasteiger partial charge is 0.504 e. The summed E-state index contributed by atoms with van der Waals surface area (Å²) in [4.78, 5) is 22.1. The van der Waals surface area contributed by atoms with Gasteiger partial charge < -0.3 is 14.6 Å². The van der Waals surface area contributed by atoms with E-state index in [2.05, 4.69) is 0 Å². The molecular formula is C14H16O4. The molecule has 0 saturated heterocycles. The second-order valence-corrected chi connectivity index (χ2v) is 3.93. The first-order valence-electron chi connectivity index (χ1n) is 5.60. The van der Waals surface area contributed by atoms with Gasteiger partial charge in [-0.3, -0.25) is 4.79 Å². The molecule has 0 atom stereocenters. The molecule has 0 heterocycles. The number of ether oxygens (including phenoxy) is 1. The van der Waals surface area contributed by atoms with Gasteiger partial charge in [0.1, 0.15) is 5.78 Å². The molecule has 1 aromatic carbocycles. The van der Waals surface area contributed by atoms with E-state index < -0.39 is 0 Å². The van der Waals surface area contributed by atoms with Crippen LogP contribution < -0.4 is 4.74 Å². The van der Waals surface area contributed by atoms with Crippen molar-refractivity contribution in [2.24, 2.45) is 0 Å². The Kier molecular flexibility index (Phi) is 5.11. The molecule has 4 heteroatoms. The molecule has 0 aliphatic rings. The molecule has 1 rings (SSSR count). The summed E-state index contributed by atoms with van der Waals surface area (Å²) in [5.74, 6) is 0.311. The van der Waals surface area contributed by atoms with Crippen LogP contribution in [0.3, 0.4) is 0 Å². The van der Waals surface area contributed by atoms with E-state index in [1.54, 1.807) is 18.2 Å². The highest BCUT2D eigenvalue weighted by Gasteiger charge is 2.02. The molecule has 1 aromatic rings. The quantitative estimate of drug-likeness (QED) is 0.785. The normalized spacial score (nSPS) is 10.6. The number of hydrogen-bond donors (Lipinski definition) is 1. The van der Waals surface area contributed by atoms with Crippen molar-refractivity contribution in [1.29, 1.82) is 0 Å². The van der Waals surface area contributed by atoms with Crippen LogP contribution in [-0.4, -0.2) is 23.8 Å². The van der Waals surface area contributed by atoms with Gasteiger partial charge in [0.25, 0.3) is 0 Å². The third-order valence-electron chi connectivity index (χ3n) is 2.39. The summed E-state index contributed by atoms with van der Waals surface area (Å²) in [5, 5.41) is 9.40. The van der Waals surface area contributed by atoms with E-state index in [1.807, 2.05) is 0 Å². The molecule has 96 valence electrons. The smallest absolute Gasteiger partial charge is 0.161 e. The maximum Gasteiger partial charge on any atom is 0.161 e. The van der Waals surface area contributed by atoms with E-state index in [0.29, 0.717) is 5.75 Å². The molecule has 0 spiro atoms. The van der Waals surface area contributed by atoms with E-state index in [1.165, 1.54) is 26.2 Å². The number of carbonyl (C=O) groups is 2. The van der Waals surface area contributed by atoms with E-state index in [9.17, 15) is 14.7 Å². The standard InChI is InChI=1S/C14H16O4/c1-10(15)3-6-12(16)7-4-11-5-8-13(17)14(9-11)18-2/h4-5,7-9,17H,3,6H2,1-2H3. The predicted octanol–water partition coefficient (Wildman–Crippen LogP) is 2.35. The molecule has 0 bridgehead atoms. The molecule has 0 aliphatic heterocycles. The highest BCUT2D eigenvalue weighted by atomic mass is 16.5. The number of Topliss-reactive ketones (excluding diaryl/α,β-unsaturated/α-hetero) is 1. The van der Waals surface area contributed by atoms with Gasteiger partial charge in [-0.15, -0.1) is 0 Å². The molecule has 0 aromatic heterocycles. The summed E-state index contributed by atoms with van der Waals surface area (Å²) >= 11 is 0. The van der Waals surface area contributed by atoms with Crippen LogP contribution in [0, 0.1) is 0 Å². The molecule has 1 N–H and O–H groups in total. The minimum atomic E-state index is -0.0998. The van der Waals surface area contributed by atoms with Crippen LogP contribution >= 0.6 is 0 Å². The van der Waals surface area contributed by atoms with Crippen molar-refractivity contribution in [2.45, 2.75) is 19.8 Å². The lowest BCUT2D eigenvalue weighted by Gasteiger charge is -2.03. The Morgan fingerprint density at radius 2 is 2.06 bits per heavy atom. The van der Waals surface area contributed by atoms with Gasteiger partial charge in [0.15, 0.2) is 17.3 Å². The number of methoxy groups -OCH3 is 1. The zero-order chi connectivity index (χ0) is 13.5. The minimum Gasteiger partial charge on any atom is -0.504 e. The Morgan fingerprint density at radius 1 is 1.33 bits per heavy atom. The number of hydrogen-bond acceptors (Lipinski definition) is 4. The van der Waals surface area contributed by atoms with Gasteiger partial charge in [0, 0.05) is 12.8 Å². The average Bonchev–Trinajstić information content (AvgIpc) is 2.35. The Labute approximate surface area is 106 Å². The summed E-state index contributed by atoms with van der Waals surface area (Å²) in [7, 11) is 1.46. The molecule has 0 radical (unpaired) electrons. The lowest BCUT2D eigenvalue weighted by Crippen LogP contribution is -1.97. The number of phenols is 1. The van der Waals surface area contributed by atoms with Gasteiger partial charge in [-0.1, -0.05) is 12.1 Å². The second-order valence-electron chi connectivity index (χ2n) is 3.93. The van der Waals surface area contributed by atoms with Gasteiger partial charge in [-0.2, -0.15) is 0 Å². The summed E-state index contributed by atoms with van der Waals surface area (Å²) in [6, 6.07) is 4.80. The lowest BCUT2D eigenvalue weighted by atomic mass is 10.1. The zero-order valence-electron chi connectivity index (χ0n) is 10.5. The third kappa shape index (κ3) is 4.41. The molecule has 0 amide bonds. The summed E-state index contributed by atoms with van der Waals surface area (Å²) in [6.45, 7) is 1.46. The summed E-state index contributed by atoms with van der Waals surface area (Å²) in [6.07, 6.45) is 3.54. The van der Waals surface area contributed by atoms with Crippen molar-refractivity contribution in [3.8, 4) is 11.5 Å². The van der Waals surface area contributed by atoms with E-state index >= 15 is 0 Å². The number of phenolic OH excluding ortho intramolecular Hbond substituents is 1. The summed E-state index contributed by atoms with van der Waals surface area (Å²) < 4.78 is 4.96. The first-order valence-corrected chi connectivity index (χ1v) is 5.60. The number of ketones is 2. The SMILES string of the molecule is COc1cc(C=CC(=O)CCC(C)=O)ccc1O. The van der Waals surface area contributed by atoms with Crippen LogP contribution in [-0.2, 0) is 9.59 Å². The van der Waals surface area contributed by atoms with Crippen molar-refractivity contribution in [3.05, 3.63) is 29.8 Å². The van der Waals surface area contributed by atoms with Gasteiger partial charge in [-0.25, -0.2) is 0 Å². The van der Waals surface area contributed by atoms with Gasteiger partial charge in [0.05, 0.1) is 7.11 Å². The highest BCUT2D eigenvalue weighted by molar-refractivity contribution is 5.95. The van der Waals surface area contributed by atoms with Crippen molar-refractivity contribution in [3.63, 3.8) is 0 Å². The monoisotopic (exact) mass is 248 g/mol. The van der Waals surface area contributed by atoms with Gasteiger partial charge >= 0.3 is 0 Å². The van der Waals surface area contributed by atoms with Crippen molar-refractivity contribution in [2.75, 3.05) is 7.11 Å². The molecule has 0 aliphatic carbocycles. The topological polar surface area (TPSA) is 63.6 Å². The Balaban J connectivity index is 2.66. The first-order chi connectivity index (χ1) is 8.52. The minimum absolute atomic E-state index is 0.00283. The zero-order valence-corrected chi connectivity index (χ0v) is 10.5. The maximum atomic E-state index is 11.4. The van der Waals surface area contributed by atoms with Crippen molar-refractivity contribution >= 4 is 17.6 Å². The first kappa shape index (κ1) is 14.0. The van der Waals surface area contributed by atoms with E-state index in [4.69, 9.17) is 4.74 Å². The fourth-order valence-electron chi connectivity index (χ4n) is 1.37. The number of aromatic hydroxyl groups is 1. The lowest BCUT2D eigenvalue weighted by molar-refractivity contribution is -0.120. The maximum absolute atomic E-state index is 11.4. The molecular weight excluding hydrogens is 232 g/mol. The molecule has 0 saturated carbocycles. The molecule has 4 nitrogen and oxygen atoms in total. The molecule has 0 fully saturated rings. The Morgan fingerprint density at radius 3 is 2.67 bits per heavy atom. The molecule has 0 unspecified atom stereocenters. The number of rotatable bonds is 6. The van der Waals surface area contributed by atoms with Crippen LogP contribution in [0.15, 0.2) is 24.3 Å². The van der Waals surface area contributed by atoms with Crippen LogP contribution in [0.5, 0.6) is 11.5 Å². The van der Waals surface area contributed by atoms with Crippen LogP contribution in [0.25, 0.3) is 6.08 Å². The highest BCUT2D eigenvalue weighted by Crippen LogP contribution is 2.26. The van der Waals surface area contributed by atoms with Crippen LogP contribution in [0.4, 0.5) is 0 Å². The second kappa shape index (κ2) is 6.59. The van der Waals surface area contributed by atoms with Gasteiger partial charge in [0.2, 0.25) is 0 Å². The number of carbonyl (C=O) groups excluding carboxylic acids is 2. The molecule has 18 heavy (non-hydrogen) atoms. The number of allylic oxidation sites excluding steroid dienone is 1. The van der Waals surface area contributed by atoms with Crippen LogP contribution in [0.1, 0.15) is 25.3 Å². The van der Waals surface area contributed by atoms with Crippen molar-refractivity contribution in [1.82, 2.24) is 0 Å². The van der Waals surface area contributed by atoms with Gasteiger partial charge in [-0.05, 0) is 30.7 Å². The Hall–Kier alpha value is -2.10. The Bertz CT molecular complexity index is 475. The number of benzene rings is 1. The fraction of sp³-hybridized carbons (Fsp3) is 0.286.